The Balaban J connectivity index is 1.09. The van der Waals surface area contributed by atoms with Crippen LogP contribution >= 0.6 is 0 Å². The monoisotopic (exact) mass is 638 g/mol. The van der Waals surface area contributed by atoms with Gasteiger partial charge in [-0.2, -0.15) is 0 Å². The zero-order valence-electron chi connectivity index (χ0n) is 26.7. The van der Waals surface area contributed by atoms with Crippen molar-refractivity contribution in [2.75, 3.05) is 0 Å². The maximum absolute atomic E-state index is 6.76. The molecule has 0 unspecified atom stereocenters. The Morgan fingerprint density at radius 2 is 0.960 bits per heavy atom. The molecule has 11 aromatic rings. The van der Waals surface area contributed by atoms with E-state index in [9.17, 15) is 0 Å². The lowest BCUT2D eigenvalue weighted by Gasteiger charge is -2.11. The molecule has 0 N–H and O–H groups in total. The molecule has 0 fully saturated rings. The molecule has 3 heterocycles. The largest absolute Gasteiger partial charge is 0.455 e. The lowest BCUT2D eigenvalue weighted by atomic mass is 9.98. The van der Waals surface area contributed by atoms with Crippen LogP contribution in [-0.2, 0) is 0 Å². The van der Waals surface area contributed by atoms with Crippen LogP contribution in [0, 0.1) is 0 Å². The van der Waals surface area contributed by atoms with E-state index in [4.69, 9.17) is 18.8 Å². The highest BCUT2D eigenvalue weighted by Crippen LogP contribution is 2.44. The Labute approximate surface area is 285 Å². The van der Waals surface area contributed by atoms with Gasteiger partial charge in [-0.25, -0.2) is 4.98 Å². The van der Waals surface area contributed by atoms with Gasteiger partial charge in [0.15, 0.2) is 0 Å². The highest BCUT2D eigenvalue weighted by atomic mass is 16.3. The fraction of sp³-hybridized carbons (Fsp3) is 0. The average Bonchev–Trinajstić information content (AvgIpc) is 3.77. The van der Waals surface area contributed by atoms with Crippen molar-refractivity contribution < 1.29 is 8.83 Å². The highest BCUT2D eigenvalue weighted by molar-refractivity contribution is 6.25. The third-order valence-corrected chi connectivity index (χ3v) is 10.1. The van der Waals surface area contributed by atoms with Crippen molar-refractivity contribution in [3.8, 4) is 33.5 Å². The van der Waals surface area contributed by atoms with Crippen LogP contribution < -0.4 is 0 Å². The van der Waals surface area contributed by atoms with Gasteiger partial charge >= 0.3 is 0 Å². The molecule has 0 radical (unpaired) electrons. The van der Waals surface area contributed by atoms with Crippen LogP contribution in [0.25, 0.3) is 110 Å². The van der Waals surface area contributed by atoms with E-state index < -0.39 is 0 Å². The van der Waals surface area contributed by atoms with E-state index in [-0.39, 0.29) is 0 Å². The van der Waals surface area contributed by atoms with Gasteiger partial charge in [0.2, 0.25) is 0 Å². The second-order valence-electron chi connectivity index (χ2n) is 12.9. The zero-order chi connectivity index (χ0) is 32.8. The van der Waals surface area contributed by atoms with Crippen LogP contribution in [0.15, 0.2) is 167 Å². The van der Waals surface area contributed by atoms with Crippen LogP contribution in [-0.4, -0.2) is 9.97 Å². The van der Waals surface area contributed by atoms with Gasteiger partial charge in [-0.15, -0.1) is 0 Å². The summed E-state index contributed by atoms with van der Waals surface area (Å²) in [4.78, 5) is 10.2. The first-order chi connectivity index (χ1) is 24.8. The first-order valence-corrected chi connectivity index (χ1v) is 16.8. The average molecular weight is 639 g/mol. The molecule has 4 nitrogen and oxygen atoms in total. The second kappa shape index (κ2) is 10.4. The highest BCUT2D eigenvalue weighted by Gasteiger charge is 2.20. The number of hydrogen-bond donors (Lipinski definition) is 0. The van der Waals surface area contributed by atoms with E-state index in [0.29, 0.717) is 0 Å². The number of hydrogen-bond acceptors (Lipinski definition) is 4. The quantitative estimate of drug-likeness (QED) is 0.181. The number of fused-ring (bicyclic) bond motifs is 13. The number of rotatable bonds is 3. The zero-order valence-corrected chi connectivity index (χ0v) is 26.7. The van der Waals surface area contributed by atoms with Crippen molar-refractivity contribution >= 4 is 76.5 Å². The fourth-order valence-corrected chi connectivity index (χ4v) is 7.82. The van der Waals surface area contributed by atoms with Crippen LogP contribution in [0.2, 0.25) is 0 Å². The van der Waals surface area contributed by atoms with Crippen LogP contribution in [0.3, 0.4) is 0 Å². The number of para-hydroxylation sites is 2. The van der Waals surface area contributed by atoms with Gasteiger partial charge < -0.3 is 8.83 Å². The molecule has 8 aromatic carbocycles. The molecule has 232 valence electrons. The van der Waals surface area contributed by atoms with E-state index in [0.717, 1.165) is 99.2 Å². The number of furan rings is 2. The number of aromatic nitrogens is 2. The fourth-order valence-electron chi connectivity index (χ4n) is 7.82. The predicted octanol–water partition coefficient (Wildman–Crippen LogP) is 12.7. The van der Waals surface area contributed by atoms with E-state index in [1.54, 1.807) is 0 Å². The standard InChI is InChI=1S/C46H26N2O2/c1-2-11-27(12-3-1)30-19-9-21-36-37-23-24-40-41(46(37)50-44(30)36)38-22-10-20-31(45(38)49-40)28-13-8-14-29(25-28)39-26-47-42-34-17-6-4-15-32(34)33-16-5-7-18-35(33)43(42)48-39/h1-26H. The molecule has 0 aliphatic carbocycles. The second-order valence-corrected chi connectivity index (χ2v) is 12.9. The summed E-state index contributed by atoms with van der Waals surface area (Å²) < 4.78 is 13.4. The molecule has 11 rings (SSSR count). The maximum Gasteiger partial charge on any atom is 0.147 e. The topological polar surface area (TPSA) is 52.1 Å². The third-order valence-electron chi connectivity index (χ3n) is 10.1. The summed E-state index contributed by atoms with van der Waals surface area (Å²) in [6, 6.07) is 52.7. The molecule has 0 saturated carbocycles. The van der Waals surface area contributed by atoms with Crippen molar-refractivity contribution in [3.05, 3.63) is 158 Å². The molecule has 4 heteroatoms. The van der Waals surface area contributed by atoms with Crippen molar-refractivity contribution in [2.24, 2.45) is 0 Å². The summed E-state index contributed by atoms with van der Waals surface area (Å²) in [6.07, 6.45) is 1.90. The van der Waals surface area contributed by atoms with Gasteiger partial charge in [0.25, 0.3) is 0 Å². The molecule has 3 aromatic heterocycles. The van der Waals surface area contributed by atoms with E-state index in [1.807, 2.05) is 12.3 Å². The van der Waals surface area contributed by atoms with Crippen molar-refractivity contribution in [3.63, 3.8) is 0 Å². The summed E-state index contributed by atoms with van der Waals surface area (Å²) in [5, 5.41) is 8.78. The van der Waals surface area contributed by atoms with Crippen molar-refractivity contribution in [1.82, 2.24) is 9.97 Å². The van der Waals surface area contributed by atoms with E-state index in [1.165, 1.54) is 10.8 Å². The van der Waals surface area contributed by atoms with Gasteiger partial charge in [-0.3, -0.25) is 4.98 Å². The summed E-state index contributed by atoms with van der Waals surface area (Å²) in [7, 11) is 0. The van der Waals surface area contributed by atoms with Crippen LogP contribution in [0.4, 0.5) is 0 Å². The minimum Gasteiger partial charge on any atom is -0.455 e. The first kappa shape index (κ1) is 27.2. The molecule has 0 spiro atoms. The minimum absolute atomic E-state index is 0.802. The molecular formula is C46H26N2O2. The van der Waals surface area contributed by atoms with E-state index in [2.05, 4.69) is 146 Å². The van der Waals surface area contributed by atoms with Crippen molar-refractivity contribution in [1.29, 1.82) is 0 Å². The Morgan fingerprint density at radius 1 is 0.380 bits per heavy atom. The SMILES string of the molecule is c1ccc(-c2cccc3c2oc2c3ccc3oc4c(-c5cccc(-c6cnc7c8ccccc8c8ccccc8c7n6)c5)cccc4c32)cc1. The van der Waals surface area contributed by atoms with Gasteiger partial charge in [0.1, 0.15) is 22.3 Å². The van der Waals surface area contributed by atoms with Crippen LogP contribution in [0.1, 0.15) is 0 Å². The molecule has 0 aliphatic rings. The lowest BCUT2D eigenvalue weighted by Crippen LogP contribution is -1.92. The molecule has 0 amide bonds. The lowest BCUT2D eigenvalue weighted by molar-refractivity contribution is 0.664. The molecule has 50 heavy (non-hydrogen) atoms. The molecule has 0 bridgehead atoms. The predicted molar refractivity (Wildman–Crippen MR) is 205 cm³/mol. The normalized spacial score (nSPS) is 12.0. The third kappa shape index (κ3) is 3.87. The smallest absolute Gasteiger partial charge is 0.147 e. The Bertz CT molecular complexity index is 3120. The molecule has 0 saturated heterocycles. The van der Waals surface area contributed by atoms with Crippen LogP contribution in [0.5, 0.6) is 0 Å². The Hall–Kier alpha value is -6.78. The molecular weight excluding hydrogens is 613 g/mol. The van der Waals surface area contributed by atoms with Gasteiger partial charge in [-0.05, 0) is 40.1 Å². The van der Waals surface area contributed by atoms with Crippen molar-refractivity contribution in [2.45, 2.75) is 0 Å². The van der Waals surface area contributed by atoms with Gasteiger partial charge in [0.05, 0.1) is 28.3 Å². The summed E-state index contributed by atoms with van der Waals surface area (Å²) >= 11 is 0. The molecule has 0 atom stereocenters. The summed E-state index contributed by atoms with van der Waals surface area (Å²) in [5.41, 5.74) is 11.3. The Morgan fingerprint density at radius 3 is 1.76 bits per heavy atom. The van der Waals surface area contributed by atoms with Gasteiger partial charge in [0, 0.05) is 43.6 Å². The number of benzene rings is 8. The van der Waals surface area contributed by atoms with E-state index >= 15 is 0 Å². The number of nitrogens with zero attached hydrogens (tertiary/aromatic N) is 2. The summed E-state index contributed by atoms with van der Waals surface area (Å²) in [5.74, 6) is 0. The maximum atomic E-state index is 6.76. The molecule has 0 aliphatic heterocycles. The Kier molecular flexibility index (Phi) is 5.63. The first-order valence-electron chi connectivity index (χ1n) is 16.8. The minimum atomic E-state index is 0.802. The summed E-state index contributed by atoms with van der Waals surface area (Å²) in [6.45, 7) is 0. The van der Waals surface area contributed by atoms with Gasteiger partial charge in [-0.1, -0.05) is 133 Å².